The molecule has 1 heterocycles. The quantitative estimate of drug-likeness (QED) is 0.534. The van der Waals surface area contributed by atoms with E-state index in [9.17, 15) is 4.79 Å². The van der Waals surface area contributed by atoms with E-state index in [1.807, 2.05) is 18.2 Å². The summed E-state index contributed by atoms with van der Waals surface area (Å²) in [4.78, 5) is 11.8. The van der Waals surface area contributed by atoms with Gasteiger partial charge in [-0.2, -0.15) is 0 Å². The van der Waals surface area contributed by atoms with Crippen LogP contribution in [0.4, 0.5) is 0 Å². The Hall–Kier alpha value is -1.34. The van der Waals surface area contributed by atoms with Crippen LogP contribution >= 0.6 is 0 Å². The minimum absolute atomic E-state index is 0. The molecule has 0 aliphatic carbocycles. The lowest BCUT2D eigenvalue weighted by atomic mass is 10.2. The second kappa shape index (κ2) is 8.19. The highest BCUT2D eigenvalue weighted by Gasteiger charge is 2.07. The largest absolute Gasteiger partial charge is 1.00 e. The van der Waals surface area contributed by atoms with E-state index in [0.717, 1.165) is 29.7 Å². The number of hydrogen-bond donors (Lipinski definition) is 2. The van der Waals surface area contributed by atoms with Gasteiger partial charge in [-0.1, -0.05) is 6.07 Å². The Morgan fingerprint density at radius 2 is 1.90 bits per heavy atom. The number of imidazole rings is 1. The Kier molecular flexibility index (Phi) is 6.91. The van der Waals surface area contributed by atoms with Crippen molar-refractivity contribution >= 4 is 11.0 Å². The lowest BCUT2D eigenvalue weighted by molar-refractivity contribution is -0.00000548. The predicted molar refractivity (Wildman–Crippen MR) is 77.8 cm³/mol. The van der Waals surface area contributed by atoms with E-state index in [-0.39, 0.29) is 24.7 Å². The number of benzene rings is 1. The average Bonchev–Trinajstić information content (AvgIpc) is 2.67. The summed E-state index contributed by atoms with van der Waals surface area (Å²) in [5.74, 6) is 0. The maximum absolute atomic E-state index is 11.8. The number of fused-ring (bicyclic) bond motifs is 1. The lowest BCUT2D eigenvalue weighted by Crippen LogP contribution is -3.00. The van der Waals surface area contributed by atoms with Crippen LogP contribution in [0.1, 0.15) is 5.56 Å². The number of aliphatic hydroxyl groups excluding tert-OH is 1. The molecule has 1 aromatic heterocycles. The molecule has 0 aliphatic rings. The first-order chi connectivity index (χ1) is 9.65. The summed E-state index contributed by atoms with van der Waals surface area (Å²) in [7, 11) is 3.56. The SMILES string of the molecule is Cn1c(=O)n(C)c2cc(CNCCOCCO)ccc21.[Cl-]. The summed E-state index contributed by atoms with van der Waals surface area (Å²) < 4.78 is 8.47. The molecule has 0 bridgehead atoms. The van der Waals surface area contributed by atoms with Crippen molar-refractivity contribution in [2.24, 2.45) is 14.1 Å². The van der Waals surface area contributed by atoms with Gasteiger partial charge < -0.3 is 27.6 Å². The van der Waals surface area contributed by atoms with Crippen LogP contribution in [0.5, 0.6) is 0 Å². The maximum Gasteiger partial charge on any atom is 0.328 e. The predicted octanol–water partition coefficient (Wildman–Crippen LogP) is -3.02. The molecule has 0 saturated carbocycles. The molecule has 0 radical (unpaired) electrons. The molecule has 0 unspecified atom stereocenters. The van der Waals surface area contributed by atoms with Gasteiger partial charge in [0.25, 0.3) is 0 Å². The molecule has 2 aromatic rings. The van der Waals surface area contributed by atoms with Gasteiger partial charge in [0.15, 0.2) is 0 Å². The number of halogens is 1. The topological polar surface area (TPSA) is 68.4 Å². The monoisotopic (exact) mass is 314 g/mol. The molecule has 0 spiro atoms. The average molecular weight is 315 g/mol. The molecular weight excluding hydrogens is 294 g/mol. The summed E-state index contributed by atoms with van der Waals surface area (Å²) in [5.41, 5.74) is 2.99. The molecule has 0 saturated heterocycles. The molecule has 0 amide bonds. The Balaban J connectivity index is 0.00000220. The second-order valence-electron chi connectivity index (χ2n) is 4.74. The van der Waals surface area contributed by atoms with Crippen molar-refractivity contribution in [1.29, 1.82) is 0 Å². The van der Waals surface area contributed by atoms with E-state index in [1.165, 1.54) is 0 Å². The smallest absolute Gasteiger partial charge is 0.328 e. The number of aryl methyl sites for hydroxylation is 2. The maximum atomic E-state index is 11.8. The van der Waals surface area contributed by atoms with E-state index >= 15 is 0 Å². The highest BCUT2D eigenvalue weighted by atomic mass is 35.5. The molecule has 7 heteroatoms. The van der Waals surface area contributed by atoms with Gasteiger partial charge in [0.05, 0.1) is 30.9 Å². The van der Waals surface area contributed by atoms with Gasteiger partial charge in [0.2, 0.25) is 0 Å². The van der Waals surface area contributed by atoms with Crippen molar-refractivity contribution < 1.29 is 22.3 Å². The van der Waals surface area contributed by atoms with Crippen LogP contribution in [0, 0.1) is 0 Å². The van der Waals surface area contributed by atoms with Crippen molar-refractivity contribution in [3.8, 4) is 0 Å². The molecule has 0 aliphatic heterocycles. The summed E-state index contributed by atoms with van der Waals surface area (Å²) in [5, 5.41) is 11.8. The Bertz CT molecular complexity index is 636. The zero-order chi connectivity index (χ0) is 14.5. The van der Waals surface area contributed by atoms with Crippen LogP contribution in [0.15, 0.2) is 23.0 Å². The first-order valence-corrected chi connectivity index (χ1v) is 6.69. The van der Waals surface area contributed by atoms with E-state index in [0.29, 0.717) is 13.2 Å². The molecule has 0 atom stereocenters. The van der Waals surface area contributed by atoms with E-state index in [4.69, 9.17) is 9.84 Å². The zero-order valence-corrected chi connectivity index (χ0v) is 13.1. The van der Waals surface area contributed by atoms with Crippen molar-refractivity contribution in [1.82, 2.24) is 14.5 Å². The third kappa shape index (κ3) is 4.07. The van der Waals surface area contributed by atoms with Crippen molar-refractivity contribution in [2.75, 3.05) is 26.4 Å². The third-order valence-corrected chi connectivity index (χ3v) is 3.32. The zero-order valence-electron chi connectivity index (χ0n) is 12.3. The second-order valence-corrected chi connectivity index (χ2v) is 4.74. The fourth-order valence-electron chi connectivity index (χ4n) is 2.21. The minimum Gasteiger partial charge on any atom is -1.00 e. The van der Waals surface area contributed by atoms with E-state index in [2.05, 4.69) is 5.32 Å². The van der Waals surface area contributed by atoms with E-state index < -0.39 is 0 Å². The first-order valence-electron chi connectivity index (χ1n) is 6.69. The van der Waals surface area contributed by atoms with Gasteiger partial charge >= 0.3 is 5.69 Å². The Labute approximate surface area is 129 Å². The van der Waals surface area contributed by atoms with Crippen molar-refractivity contribution in [3.63, 3.8) is 0 Å². The normalized spacial score (nSPS) is 10.8. The first kappa shape index (κ1) is 17.7. The molecule has 6 nitrogen and oxygen atoms in total. The lowest BCUT2D eigenvalue weighted by Gasteiger charge is -2.06. The van der Waals surface area contributed by atoms with E-state index in [1.54, 1.807) is 23.2 Å². The van der Waals surface area contributed by atoms with Crippen LogP contribution < -0.4 is 23.4 Å². The number of nitrogens with one attached hydrogen (secondary N) is 1. The van der Waals surface area contributed by atoms with Crippen LogP contribution in [0.25, 0.3) is 11.0 Å². The summed E-state index contributed by atoms with van der Waals surface area (Å²) in [6.07, 6.45) is 0. The van der Waals surface area contributed by atoms with Gasteiger partial charge in [-0.25, -0.2) is 4.79 Å². The number of rotatable bonds is 7. The fraction of sp³-hybridized carbons (Fsp3) is 0.500. The molecule has 21 heavy (non-hydrogen) atoms. The minimum atomic E-state index is -0.0116. The summed E-state index contributed by atoms with van der Waals surface area (Å²) >= 11 is 0. The van der Waals surface area contributed by atoms with Gasteiger partial charge in [-0.05, 0) is 17.7 Å². The Morgan fingerprint density at radius 3 is 2.62 bits per heavy atom. The molecule has 118 valence electrons. The van der Waals surface area contributed by atoms with Crippen molar-refractivity contribution in [3.05, 3.63) is 34.2 Å². The molecule has 2 N–H and O–H groups in total. The van der Waals surface area contributed by atoms with Crippen LogP contribution in [0.2, 0.25) is 0 Å². The number of aromatic nitrogens is 2. The summed E-state index contributed by atoms with van der Waals surface area (Å²) in [6.45, 7) is 2.46. The number of aliphatic hydroxyl groups is 1. The van der Waals surface area contributed by atoms with Gasteiger partial charge in [0, 0.05) is 27.2 Å². The van der Waals surface area contributed by atoms with Gasteiger partial charge in [0.1, 0.15) is 0 Å². The van der Waals surface area contributed by atoms with Crippen LogP contribution in [-0.4, -0.2) is 40.6 Å². The third-order valence-electron chi connectivity index (χ3n) is 3.32. The van der Waals surface area contributed by atoms with Crippen molar-refractivity contribution in [2.45, 2.75) is 6.54 Å². The number of hydrogen-bond acceptors (Lipinski definition) is 4. The fourth-order valence-corrected chi connectivity index (χ4v) is 2.21. The molecule has 0 fully saturated rings. The number of nitrogens with zero attached hydrogens (tertiary/aromatic N) is 2. The van der Waals surface area contributed by atoms with Gasteiger partial charge in [-0.15, -0.1) is 0 Å². The molecule has 1 aromatic carbocycles. The standard InChI is InChI=1S/C14H21N3O3.ClH/c1-16-12-4-3-11(9-13(12)17(2)14(16)19)10-15-5-7-20-8-6-18;/h3-4,9,15,18H,5-8,10H2,1-2H3;1H/p-1. The molecule has 2 rings (SSSR count). The van der Waals surface area contributed by atoms with Crippen LogP contribution in [-0.2, 0) is 25.4 Å². The highest BCUT2D eigenvalue weighted by molar-refractivity contribution is 5.76. The number of ether oxygens (including phenoxy) is 1. The van der Waals surface area contributed by atoms with Gasteiger partial charge in [-0.3, -0.25) is 9.13 Å². The molecular formula is C14H21ClN3O3-. The highest BCUT2D eigenvalue weighted by Crippen LogP contribution is 2.13. The summed E-state index contributed by atoms with van der Waals surface area (Å²) in [6, 6.07) is 6.01. The van der Waals surface area contributed by atoms with Crippen LogP contribution in [0.3, 0.4) is 0 Å². The Morgan fingerprint density at radius 1 is 1.19 bits per heavy atom.